The lowest BCUT2D eigenvalue weighted by Crippen LogP contribution is -2.31. The third kappa shape index (κ3) is 3.39. The van der Waals surface area contributed by atoms with Crippen molar-refractivity contribution in [2.24, 2.45) is 0 Å². The van der Waals surface area contributed by atoms with Crippen molar-refractivity contribution in [3.8, 4) is 0 Å². The monoisotopic (exact) mass is 354 g/mol. The van der Waals surface area contributed by atoms with Gasteiger partial charge >= 0.3 is 6.09 Å². The van der Waals surface area contributed by atoms with Gasteiger partial charge in [-0.1, -0.05) is 12.1 Å². The number of hydrogen-bond acceptors (Lipinski definition) is 3. The number of carboxylic acid groups (broad SMARTS) is 1. The van der Waals surface area contributed by atoms with Crippen LogP contribution in [0.1, 0.15) is 16.7 Å². The van der Waals surface area contributed by atoms with E-state index in [1.54, 1.807) is 0 Å². The average molecular weight is 354 g/mol. The largest absolute Gasteiger partial charge is 0.465 e. The maximum Gasteiger partial charge on any atom is 0.412 e. The Morgan fingerprint density at radius 2 is 1.60 bits per heavy atom. The Morgan fingerprint density at radius 3 is 2.00 bits per heavy atom. The third-order valence-electron chi connectivity index (χ3n) is 3.72. The van der Waals surface area contributed by atoms with Crippen molar-refractivity contribution in [2.75, 3.05) is 4.90 Å². The van der Waals surface area contributed by atoms with Gasteiger partial charge in [-0.15, -0.1) is 0 Å². The van der Waals surface area contributed by atoms with Crippen molar-refractivity contribution in [1.29, 1.82) is 0 Å². The fraction of sp³-hybridized carbons (Fsp3) is 0.188. The van der Waals surface area contributed by atoms with E-state index in [1.165, 1.54) is 12.1 Å². The summed E-state index contributed by atoms with van der Waals surface area (Å²) in [6.45, 7) is 1.68. The van der Waals surface area contributed by atoms with Crippen LogP contribution in [0.5, 0.6) is 0 Å². The molecule has 0 aliphatic heterocycles. The van der Waals surface area contributed by atoms with Gasteiger partial charge in [-0.05, 0) is 31.5 Å². The Hall–Kier alpha value is -3.10. The normalized spacial score (nSPS) is 10.6. The summed E-state index contributed by atoms with van der Waals surface area (Å²) >= 11 is 0. The molecule has 0 saturated carbocycles. The Bertz CT molecular complexity index is 824. The van der Waals surface area contributed by atoms with Crippen molar-refractivity contribution in [3.05, 3.63) is 68.5 Å². The smallest absolute Gasteiger partial charge is 0.412 e. The van der Waals surface area contributed by atoms with Gasteiger partial charge < -0.3 is 5.11 Å². The standard InChI is InChI=1S/C16H13F3N2O4/c1-8-12(18)15(13(19)9(2)14(8)21(24)25)20(16(22)23)7-10-3-5-11(17)6-4-10/h3-6H,7H2,1-2H3,(H,22,23). The molecule has 1 amide bonds. The zero-order valence-corrected chi connectivity index (χ0v) is 13.2. The molecule has 0 aliphatic rings. The molecule has 0 bridgehead atoms. The number of rotatable bonds is 4. The van der Waals surface area contributed by atoms with Gasteiger partial charge in [0.1, 0.15) is 11.5 Å². The number of nitro benzene ring substituents is 1. The number of halogens is 3. The molecule has 0 unspecified atom stereocenters. The summed E-state index contributed by atoms with van der Waals surface area (Å²) < 4.78 is 42.0. The number of hydrogen-bond donors (Lipinski definition) is 1. The lowest BCUT2D eigenvalue weighted by atomic mass is 10.0. The SMILES string of the molecule is Cc1c(F)c(N(Cc2ccc(F)cc2)C(=O)O)c(F)c(C)c1[N+](=O)[O-]. The molecule has 0 fully saturated rings. The van der Waals surface area contributed by atoms with E-state index in [4.69, 9.17) is 0 Å². The summed E-state index contributed by atoms with van der Waals surface area (Å²) in [5, 5.41) is 20.3. The maximum absolute atomic E-state index is 14.5. The number of amides is 1. The molecule has 1 N–H and O–H groups in total. The van der Waals surface area contributed by atoms with Crippen LogP contribution in [0.4, 0.5) is 29.3 Å². The predicted molar refractivity (Wildman–Crippen MR) is 83.1 cm³/mol. The predicted octanol–water partition coefficient (Wildman–Crippen LogP) is 4.31. The van der Waals surface area contributed by atoms with Gasteiger partial charge in [0.25, 0.3) is 5.69 Å². The van der Waals surface area contributed by atoms with E-state index in [1.807, 2.05) is 0 Å². The van der Waals surface area contributed by atoms with Gasteiger partial charge in [0.05, 0.1) is 22.6 Å². The highest BCUT2D eigenvalue weighted by atomic mass is 19.1. The molecule has 0 heterocycles. The van der Waals surface area contributed by atoms with Crippen molar-refractivity contribution in [1.82, 2.24) is 0 Å². The minimum absolute atomic E-state index is 0.288. The molecule has 0 saturated heterocycles. The van der Waals surface area contributed by atoms with Crippen LogP contribution in [0.25, 0.3) is 0 Å². The molecule has 0 aliphatic carbocycles. The fourth-order valence-corrected chi connectivity index (χ4v) is 2.47. The van der Waals surface area contributed by atoms with Crippen LogP contribution in [0.2, 0.25) is 0 Å². The summed E-state index contributed by atoms with van der Waals surface area (Å²) in [6, 6.07) is 4.70. The molecule has 0 aromatic heterocycles. The highest BCUT2D eigenvalue weighted by Crippen LogP contribution is 2.36. The Morgan fingerprint density at radius 1 is 1.12 bits per heavy atom. The van der Waals surface area contributed by atoms with Gasteiger partial charge in [0, 0.05) is 0 Å². The molecule has 2 aromatic rings. The lowest BCUT2D eigenvalue weighted by Gasteiger charge is -2.22. The number of carbonyl (C=O) groups is 1. The van der Waals surface area contributed by atoms with E-state index >= 15 is 0 Å². The van der Waals surface area contributed by atoms with E-state index in [9.17, 15) is 33.2 Å². The van der Waals surface area contributed by atoms with Gasteiger partial charge in [0.2, 0.25) is 0 Å². The summed E-state index contributed by atoms with van der Waals surface area (Å²) in [7, 11) is 0. The second kappa shape index (κ2) is 6.80. The molecule has 0 radical (unpaired) electrons. The molecule has 25 heavy (non-hydrogen) atoms. The van der Waals surface area contributed by atoms with Gasteiger partial charge in [-0.25, -0.2) is 18.0 Å². The van der Waals surface area contributed by atoms with Crippen molar-refractivity contribution < 1.29 is 28.0 Å². The van der Waals surface area contributed by atoms with E-state index < -0.39 is 57.5 Å². The average Bonchev–Trinajstić information content (AvgIpc) is 2.53. The van der Waals surface area contributed by atoms with Crippen LogP contribution in [0.15, 0.2) is 24.3 Å². The minimum atomic E-state index is -1.66. The third-order valence-corrected chi connectivity index (χ3v) is 3.72. The van der Waals surface area contributed by atoms with E-state index in [0.29, 0.717) is 4.90 Å². The first kappa shape index (κ1) is 18.2. The fourth-order valence-electron chi connectivity index (χ4n) is 2.47. The molecule has 132 valence electrons. The Labute approximate surface area is 140 Å². The van der Waals surface area contributed by atoms with Crippen LogP contribution in [0.3, 0.4) is 0 Å². The second-order valence-corrected chi connectivity index (χ2v) is 5.33. The highest BCUT2D eigenvalue weighted by molar-refractivity contribution is 5.87. The molecule has 2 aromatic carbocycles. The number of benzene rings is 2. The molecule has 0 atom stereocenters. The lowest BCUT2D eigenvalue weighted by molar-refractivity contribution is -0.386. The molecule has 0 spiro atoms. The molecular weight excluding hydrogens is 341 g/mol. The van der Waals surface area contributed by atoms with Crippen molar-refractivity contribution in [3.63, 3.8) is 0 Å². The van der Waals surface area contributed by atoms with E-state index in [-0.39, 0.29) is 5.56 Å². The molecule has 9 heteroatoms. The topological polar surface area (TPSA) is 83.7 Å². The van der Waals surface area contributed by atoms with Crippen LogP contribution < -0.4 is 4.90 Å². The second-order valence-electron chi connectivity index (χ2n) is 5.33. The molecule has 6 nitrogen and oxygen atoms in total. The van der Waals surface area contributed by atoms with Crippen LogP contribution >= 0.6 is 0 Å². The Balaban J connectivity index is 2.61. The van der Waals surface area contributed by atoms with Crippen LogP contribution in [-0.4, -0.2) is 16.1 Å². The number of nitrogens with zero attached hydrogens (tertiary/aromatic N) is 2. The van der Waals surface area contributed by atoms with Crippen molar-refractivity contribution in [2.45, 2.75) is 20.4 Å². The van der Waals surface area contributed by atoms with E-state index in [0.717, 1.165) is 26.0 Å². The molecular formula is C16H13F3N2O4. The summed E-state index contributed by atoms with van der Waals surface area (Å²) in [6.07, 6.45) is -1.66. The minimum Gasteiger partial charge on any atom is -0.465 e. The summed E-state index contributed by atoms with van der Waals surface area (Å²) in [5.74, 6) is -3.22. The number of anilines is 1. The first-order valence-electron chi connectivity index (χ1n) is 7.02. The van der Waals surface area contributed by atoms with Gasteiger partial charge in [0.15, 0.2) is 11.6 Å². The first-order valence-corrected chi connectivity index (χ1v) is 7.02. The summed E-state index contributed by atoms with van der Waals surface area (Å²) in [5.41, 5.74) is -2.30. The quantitative estimate of drug-likeness (QED) is 0.655. The summed E-state index contributed by atoms with van der Waals surface area (Å²) in [4.78, 5) is 22.0. The number of nitro groups is 1. The van der Waals surface area contributed by atoms with Gasteiger partial charge in [-0.2, -0.15) is 0 Å². The highest BCUT2D eigenvalue weighted by Gasteiger charge is 2.32. The van der Waals surface area contributed by atoms with Crippen LogP contribution in [-0.2, 0) is 6.54 Å². The van der Waals surface area contributed by atoms with Gasteiger partial charge in [-0.3, -0.25) is 15.0 Å². The zero-order chi connectivity index (χ0) is 18.9. The Kier molecular flexibility index (Phi) is 4.96. The zero-order valence-electron chi connectivity index (χ0n) is 13.2. The maximum atomic E-state index is 14.5. The molecule has 2 rings (SSSR count). The van der Waals surface area contributed by atoms with Crippen molar-refractivity contribution >= 4 is 17.5 Å². The first-order chi connectivity index (χ1) is 11.6. The van der Waals surface area contributed by atoms with E-state index in [2.05, 4.69) is 0 Å². The van der Waals surface area contributed by atoms with Crippen LogP contribution in [0, 0.1) is 41.4 Å².